The zero-order valence-corrected chi connectivity index (χ0v) is 11.9. The molecule has 2 aromatic carbocycles. The largest absolute Gasteiger partial charge is 0.435 e. The van der Waals surface area contributed by atoms with Crippen molar-refractivity contribution in [2.24, 2.45) is 0 Å². The molecule has 5 nitrogen and oxygen atoms in total. The molecule has 1 amide bonds. The highest BCUT2D eigenvalue weighted by Gasteiger charge is 2.06. The van der Waals surface area contributed by atoms with Gasteiger partial charge < -0.3 is 15.4 Å². The maximum Gasteiger partial charge on any atom is 0.387 e. The molecule has 2 rings (SSSR count). The molecular formula is C16H13F2N3O2. The summed E-state index contributed by atoms with van der Waals surface area (Å²) in [5.41, 5.74) is 1.61. The first kappa shape index (κ1) is 16.2. The van der Waals surface area contributed by atoms with E-state index in [1.807, 2.05) is 6.07 Å². The summed E-state index contributed by atoms with van der Waals surface area (Å²) in [6.45, 7) is -2.88. The molecule has 0 aromatic heterocycles. The van der Waals surface area contributed by atoms with Gasteiger partial charge in [0.1, 0.15) is 5.75 Å². The summed E-state index contributed by atoms with van der Waals surface area (Å²) in [6, 6.07) is 14.4. The maximum absolute atomic E-state index is 12.0. The Balaban J connectivity index is 1.86. The molecule has 0 heterocycles. The number of hydrogen-bond donors (Lipinski definition) is 2. The van der Waals surface area contributed by atoms with Crippen LogP contribution in [0.2, 0.25) is 0 Å². The Labute approximate surface area is 131 Å². The molecule has 7 heteroatoms. The zero-order chi connectivity index (χ0) is 16.7. The summed E-state index contributed by atoms with van der Waals surface area (Å²) >= 11 is 0. The van der Waals surface area contributed by atoms with Gasteiger partial charge in [-0.25, -0.2) is 0 Å². The first-order valence-corrected chi connectivity index (χ1v) is 6.65. The fraction of sp³-hybridized carbons (Fsp3) is 0.125. The number of nitriles is 1. The van der Waals surface area contributed by atoms with Gasteiger partial charge in [0.05, 0.1) is 18.2 Å². The van der Waals surface area contributed by atoms with Crippen molar-refractivity contribution in [3.05, 3.63) is 54.1 Å². The number of halogens is 2. The summed E-state index contributed by atoms with van der Waals surface area (Å²) in [6.07, 6.45) is 0. The second-order valence-corrected chi connectivity index (χ2v) is 4.50. The first-order valence-electron chi connectivity index (χ1n) is 6.65. The SMILES string of the molecule is N#Cc1cccc(NCC(=O)Nc2ccc(OC(F)F)cc2)c1. The molecule has 0 aliphatic rings. The van der Waals surface area contributed by atoms with Gasteiger partial charge in [-0.05, 0) is 42.5 Å². The lowest BCUT2D eigenvalue weighted by Crippen LogP contribution is -2.21. The van der Waals surface area contributed by atoms with E-state index in [0.717, 1.165) is 0 Å². The third kappa shape index (κ3) is 5.28. The summed E-state index contributed by atoms with van der Waals surface area (Å²) in [7, 11) is 0. The Kier molecular flexibility index (Phi) is 5.47. The van der Waals surface area contributed by atoms with E-state index in [1.54, 1.807) is 24.3 Å². The topological polar surface area (TPSA) is 74.2 Å². The van der Waals surface area contributed by atoms with Gasteiger partial charge in [0, 0.05) is 11.4 Å². The molecule has 0 spiro atoms. The van der Waals surface area contributed by atoms with Gasteiger partial charge in [-0.3, -0.25) is 4.79 Å². The number of alkyl halides is 2. The molecular weight excluding hydrogens is 304 g/mol. The second-order valence-electron chi connectivity index (χ2n) is 4.50. The smallest absolute Gasteiger partial charge is 0.387 e. The molecule has 0 aliphatic heterocycles. The Morgan fingerprint density at radius 3 is 2.57 bits per heavy atom. The van der Waals surface area contributed by atoms with Crippen molar-refractivity contribution in [2.75, 3.05) is 17.2 Å². The number of benzene rings is 2. The number of carbonyl (C=O) groups excluding carboxylic acids is 1. The minimum absolute atomic E-state index is 0.00413. The number of carbonyl (C=O) groups is 1. The van der Waals surface area contributed by atoms with E-state index >= 15 is 0 Å². The van der Waals surface area contributed by atoms with Crippen LogP contribution in [0.4, 0.5) is 20.2 Å². The third-order valence-electron chi connectivity index (χ3n) is 2.81. The third-order valence-corrected chi connectivity index (χ3v) is 2.81. The Morgan fingerprint density at radius 1 is 1.17 bits per heavy atom. The van der Waals surface area contributed by atoms with E-state index in [4.69, 9.17) is 5.26 Å². The minimum Gasteiger partial charge on any atom is -0.435 e. The Hall–Kier alpha value is -3.14. The van der Waals surface area contributed by atoms with Gasteiger partial charge in [0.2, 0.25) is 5.91 Å². The average molecular weight is 317 g/mol. The molecule has 2 aromatic rings. The number of nitrogens with one attached hydrogen (secondary N) is 2. The summed E-state index contributed by atoms with van der Waals surface area (Å²) in [5, 5.41) is 14.3. The van der Waals surface area contributed by atoms with Crippen molar-refractivity contribution in [1.82, 2.24) is 0 Å². The highest BCUT2D eigenvalue weighted by Crippen LogP contribution is 2.17. The maximum atomic E-state index is 12.0. The van der Waals surface area contributed by atoms with Crippen LogP contribution in [0.25, 0.3) is 0 Å². The van der Waals surface area contributed by atoms with Gasteiger partial charge in [-0.1, -0.05) is 6.07 Å². The van der Waals surface area contributed by atoms with E-state index in [1.165, 1.54) is 24.3 Å². The number of hydrogen-bond acceptors (Lipinski definition) is 4. The van der Waals surface area contributed by atoms with Crippen LogP contribution in [-0.2, 0) is 4.79 Å². The zero-order valence-electron chi connectivity index (χ0n) is 11.9. The van der Waals surface area contributed by atoms with Crippen LogP contribution in [0.15, 0.2) is 48.5 Å². The molecule has 0 atom stereocenters. The lowest BCUT2D eigenvalue weighted by Gasteiger charge is -2.09. The van der Waals surface area contributed by atoms with Crippen molar-refractivity contribution in [3.63, 3.8) is 0 Å². The van der Waals surface area contributed by atoms with Crippen LogP contribution in [0.3, 0.4) is 0 Å². The van der Waals surface area contributed by atoms with Gasteiger partial charge in [0.25, 0.3) is 0 Å². The lowest BCUT2D eigenvalue weighted by atomic mass is 10.2. The van der Waals surface area contributed by atoms with Crippen LogP contribution in [-0.4, -0.2) is 19.1 Å². The van der Waals surface area contributed by atoms with E-state index in [-0.39, 0.29) is 18.2 Å². The molecule has 0 fully saturated rings. The molecule has 0 saturated heterocycles. The molecule has 23 heavy (non-hydrogen) atoms. The molecule has 0 radical (unpaired) electrons. The fourth-order valence-electron chi connectivity index (χ4n) is 1.81. The van der Waals surface area contributed by atoms with Crippen LogP contribution in [0.5, 0.6) is 5.75 Å². The highest BCUT2D eigenvalue weighted by atomic mass is 19.3. The standard InChI is InChI=1S/C16H13F2N3O2/c17-16(18)23-14-6-4-12(5-7-14)21-15(22)10-20-13-3-1-2-11(8-13)9-19/h1-8,16,20H,10H2,(H,21,22). The fourth-order valence-corrected chi connectivity index (χ4v) is 1.81. The van der Waals surface area contributed by atoms with E-state index < -0.39 is 6.61 Å². The molecule has 0 saturated carbocycles. The van der Waals surface area contributed by atoms with Crippen LogP contribution in [0.1, 0.15) is 5.56 Å². The monoisotopic (exact) mass is 317 g/mol. The normalized spacial score (nSPS) is 10.0. The number of ether oxygens (including phenoxy) is 1. The Bertz CT molecular complexity index is 712. The van der Waals surface area contributed by atoms with Gasteiger partial charge >= 0.3 is 6.61 Å². The van der Waals surface area contributed by atoms with E-state index in [9.17, 15) is 13.6 Å². The van der Waals surface area contributed by atoms with Crippen LogP contribution < -0.4 is 15.4 Å². The first-order chi connectivity index (χ1) is 11.1. The van der Waals surface area contributed by atoms with Gasteiger partial charge in [-0.15, -0.1) is 0 Å². The quantitative estimate of drug-likeness (QED) is 0.858. The minimum atomic E-state index is -2.89. The van der Waals surface area contributed by atoms with Gasteiger partial charge in [0.15, 0.2) is 0 Å². The number of rotatable bonds is 6. The Morgan fingerprint density at radius 2 is 1.91 bits per heavy atom. The van der Waals surface area contributed by atoms with Crippen molar-refractivity contribution in [2.45, 2.75) is 6.61 Å². The van der Waals surface area contributed by atoms with Crippen molar-refractivity contribution in [1.29, 1.82) is 5.26 Å². The molecule has 0 unspecified atom stereocenters. The van der Waals surface area contributed by atoms with Crippen molar-refractivity contribution in [3.8, 4) is 11.8 Å². The summed E-state index contributed by atoms with van der Waals surface area (Å²) < 4.78 is 28.3. The van der Waals surface area contributed by atoms with Crippen LogP contribution in [0, 0.1) is 11.3 Å². The van der Waals surface area contributed by atoms with Crippen molar-refractivity contribution >= 4 is 17.3 Å². The van der Waals surface area contributed by atoms with E-state index in [2.05, 4.69) is 15.4 Å². The lowest BCUT2D eigenvalue weighted by molar-refractivity contribution is -0.114. The summed E-state index contributed by atoms with van der Waals surface area (Å²) in [4.78, 5) is 11.8. The predicted molar refractivity (Wildman–Crippen MR) is 81.4 cm³/mol. The number of anilines is 2. The van der Waals surface area contributed by atoms with Crippen LogP contribution >= 0.6 is 0 Å². The van der Waals surface area contributed by atoms with E-state index in [0.29, 0.717) is 16.9 Å². The highest BCUT2D eigenvalue weighted by molar-refractivity contribution is 5.93. The molecule has 2 N–H and O–H groups in total. The molecule has 0 aliphatic carbocycles. The second kappa shape index (κ2) is 7.75. The number of amides is 1. The average Bonchev–Trinajstić information content (AvgIpc) is 2.54. The number of nitrogens with zero attached hydrogens (tertiary/aromatic N) is 1. The van der Waals surface area contributed by atoms with Gasteiger partial charge in [-0.2, -0.15) is 14.0 Å². The molecule has 0 bridgehead atoms. The van der Waals surface area contributed by atoms with Crippen molar-refractivity contribution < 1.29 is 18.3 Å². The summed E-state index contributed by atoms with van der Waals surface area (Å²) in [5.74, 6) is -0.292. The predicted octanol–water partition coefficient (Wildman–Crippen LogP) is 3.21. The molecule has 118 valence electrons.